The molecule has 3 aromatic rings. The Morgan fingerprint density at radius 2 is 2.04 bits per heavy atom. The van der Waals surface area contributed by atoms with Gasteiger partial charge < -0.3 is 10.1 Å². The van der Waals surface area contributed by atoms with Crippen LogP contribution in [0.4, 0.5) is 10.5 Å². The summed E-state index contributed by atoms with van der Waals surface area (Å²) in [5.74, 6) is 0.444. The van der Waals surface area contributed by atoms with Crippen molar-refractivity contribution in [1.29, 1.82) is 0 Å². The van der Waals surface area contributed by atoms with Crippen LogP contribution in [-0.4, -0.2) is 30.8 Å². The van der Waals surface area contributed by atoms with E-state index in [1.54, 1.807) is 22.7 Å². The van der Waals surface area contributed by atoms with E-state index in [1.165, 1.54) is 0 Å². The summed E-state index contributed by atoms with van der Waals surface area (Å²) in [7, 11) is 0. The minimum Gasteiger partial charge on any atom is -0.449 e. The summed E-state index contributed by atoms with van der Waals surface area (Å²) in [5, 5.41) is 13.3. The number of piperidine rings is 1. The van der Waals surface area contributed by atoms with Crippen molar-refractivity contribution in [3.05, 3.63) is 46.5 Å². The number of amides is 1. The zero-order chi connectivity index (χ0) is 18.5. The van der Waals surface area contributed by atoms with E-state index in [9.17, 15) is 4.79 Å². The van der Waals surface area contributed by atoms with Gasteiger partial charge in [-0.1, -0.05) is 12.1 Å². The summed E-state index contributed by atoms with van der Waals surface area (Å²) in [5.41, 5.74) is 3.70. The predicted molar refractivity (Wildman–Crippen MR) is 119 cm³/mol. The molecule has 0 spiro atoms. The van der Waals surface area contributed by atoms with Crippen LogP contribution in [0.1, 0.15) is 12.8 Å². The summed E-state index contributed by atoms with van der Waals surface area (Å²) in [6.07, 6.45) is 1.69. The molecule has 1 fully saturated rings. The van der Waals surface area contributed by atoms with Gasteiger partial charge in [0, 0.05) is 21.9 Å². The first-order valence-corrected chi connectivity index (χ1v) is 10.8. The van der Waals surface area contributed by atoms with Gasteiger partial charge in [-0.3, -0.25) is 5.32 Å². The Hall–Kier alpha value is -1.93. The Labute approximate surface area is 178 Å². The Balaban J connectivity index is 0.00000225. The lowest BCUT2D eigenvalue weighted by Crippen LogP contribution is -2.31. The van der Waals surface area contributed by atoms with E-state index in [0.29, 0.717) is 12.5 Å². The lowest BCUT2D eigenvalue weighted by Gasteiger charge is -2.22. The Morgan fingerprint density at radius 1 is 1.21 bits per heavy atom. The predicted octanol–water partition coefficient (Wildman–Crippen LogP) is 5.51. The fourth-order valence-corrected chi connectivity index (χ4v) is 4.62. The van der Waals surface area contributed by atoms with Crippen molar-refractivity contribution in [2.45, 2.75) is 12.8 Å². The van der Waals surface area contributed by atoms with Gasteiger partial charge in [0.2, 0.25) is 0 Å². The molecular formula is C20H22ClN3O2S2. The fourth-order valence-electron chi connectivity index (χ4n) is 3.11. The molecule has 4 rings (SSSR count). The third-order valence-corrected chi connectivity index (χ3v) is 6.18. The number of anilines is 1. The maximum absolute atomic E-state index is 12.3. The van der Waals surface area contributed by atoms with Gasteiger partial charge in [0.15, 0.2) is 0 Å². The van der Waals surface area contributed by atoms with Gasteiger partial charge in [-0.15, -0.1) is 23.7 Å². The quantitative estimate of drug-likeness (QED) is 0.554. The molecular weight excluding hydrogens is 414 g/mol. The van der Waals surface area contributed by atoms with E-state index in [0.717, 1.165) is 53.4 Å². The number of carbonyl (C=O) groups excluding carboxylic acids is 1. The zero-order valence-corrected chi connectivity index (χ0v) is 17.7. The van der Waals surface area contributed by atoms with Crippen molar-refractivity contribution in [1.82, 2.24) is 10.3 Å². The molecule has 5 nitrogen and oxygen atoms in total. The average Bonchev–Trinajstić information content (AvgIpc) is 3.39. The molecule has 0 aliphatic carbocycles. The third-order valence-electron chi connectivity index (χ3n) is 4.62. The van der Waals surface area contributed by atoms with E-state index in [1.807, 2.05) is 35.0 Å². The number of carbonyl (C=O) groups is 1. The molecule has 8 heteroatoms. The molecule has 28 heavy (non-hydrogen) atoms. The minimum atomic E-state index is -0.407. The largest absolute Gasteiger partial charge is 0.449 e. The highest BCUT2D eigenvalue weighted by Crippen LogP contribution is 2.34. The zero-order valence-electron chi connectivity index (χ0n) is 15.2. The molecule has 0 atom stereocenters. The molecule has 0 bridgehead atoms. The first-order valence-electron chi connectivity index (χ1n) is 9.01. The number of aromatic nitrogens is 1. The maximum Gasteiger partial charge on any atom is 0.411 e. The van der Waals surface area contributed by atoms with Crippen LogP contribution in [-0.2, 0) is 4.74 Å². The van der Waals surface area contributed by atoms with Gasteiger partial charge in [0.1, 0.15) is 5.01 Å². The highest BCUT2D eigenvalue weighted by atomic mass is 35.5. The molecule has 2 N–H and O–H groups in total. The van der Waals surface area contributed by atoms with Crippen molar-refractivity contribution in [2.24, 2.45) is 5.92 Å². The molecule has 0 radical (unpaired) electrons. The minimum absolute atomic E-state index is 0. The molecule has 2 aromatic heterocycles. The van der Waals surface area contributed by atoms with Gasteiger partial charge in [-0.25, -0.2) is 9.78 Å². The van der Waals surface area contributed by atoms with Crippen molar-refractivity contribution in [2.75, 3.05) is 25.0 Å². The van der Waals surface area contributed by atoms with Crippen molar-refractivity contribution in [3.8, 4) is 21.8 Å². The van der Waals surface area contributed by atoms with Crippen LogP contribution < -0.4 is 10.6 Å². The monoisotopic (exact) mass is 435 g/mol. The van der Waals surface area contributed by atoms with Crippen LogP contribution in [0.3, 0.4) is 0 Å². The summed E-state index contributed by atoms with van der Waals surface area (Å²) in [4.78, 5) is 17.0. The molecule has 1 aliphatic rings. The van der Waals surface area contributed by atoms with Crippen LogP contribution in [0.15, 0.2) is 46.5 Å². The molecule has 3 heterocycles. The number of nitrogens with one attached hydrogen (secondary N) is 2. The highest BCUT2D eigenvalue weighted by Gasteiger charge is 2.17. The number of nitrogens with zero attached hydrogens (tertiary/aromatic N) is 1. The standard InChI is InChI=1S/C20H21N3O2S2.ClH/c24-20(25-11-14-5-8-21-9-6-14)23-17-4-2-1-3-16(17)19-22-18(13-27-19)15-7-10-26-12-15;/h1-4,7,10,12-14,21H,5-6,8-9,11H2,(H,23,24);1H. The van der Waals surface area contributed by atoms with Crippen LogP contribution in [0, 0.1) is 5.92 Å². The molecule has 1 aliphatic heterocycles. The van der Waals surface area contributed by atoms with E-state index >= 15 is 0 Å². The van der Waals surface area contributed by atoms with Crippen LogP contribution in [0.5, 0.6) is 0 Å². The van der Waals surface area contributed by atoms with Crippen molar-refractivity contribution >= 4 is 46.9 Å². The molecule has 148 valence electrons. The molecule has 0 unspecified atom stereocenters. The topological polar surface area (TPSA) is 63.2 Å². The molecule has 1 aromatic carbocycles. The number of benzene rings is 1. The number of para-hydroxylation sites is 1. The third kappa shape index (κ3) is 5.11. The second-order valence-corrected chi connectivity index (χ2v) is 8.15. The highest BCUT2D eigenvalue weighted by molar-refractivity contribution is 7.13. The number of hydrogen-bond acceptors (Lipinski definition) is 6. The number of thiophene rings is 1. The van der Waals surface area contributed by atoms with Gasteiger partial charge in [-0.05, 0) is 55.4 Å². The van der Waals surface area contributed by atoms with Crippen LogP contribution in [0.25, 0.3) is 21.8 Å². The second kappa shape index (κ2) is 10.0. The average molecular weight is 436 g/mol. The SMILES string of the molecule is Cl.O=C(Nc1ccccc1-c1nc(-c2ccsc2)cs1)OCC1CCNCC1. The molecule has 1 saturated heterocycles. The Kier molecular flexibility index (Phi) is 7.44. The fraction of sp³-hybridized carbons (Fsp3) is 0.300. The smallest absolute Gasteiger partial charge is 0.411 e. The first kappa shape index (κ1) is 20.8. The van der Waals surface area contributed by atoms with E-state index in [4.69, 9.17) is 9.72 Å². The van der Waals surface area contributed by atoms with E-state index in [-0.39, 0.29) is 12.4 Å². The van der Waals surface area contributed by atoms with Gasteiger partial charge in [0.05, 0.1) is 18.0 Å². The van der Waals surface area contributed by atoms with Crippen molar-refractivity contribution < 1.29 is 9.53 Å². The summed E-state index contributed by atoms with van der Waals surface area (Å²) in [6, 6.07) is 9.77. The first-order chi connectivity index (χ1) is 13.3. The Bertz CT molecular complexity index is 893. The second-order valence-electron chi connectivity index (χ2n) is 6.51. The summed E-state index contributed by atoms with van der Waals surface area (Å²) in [6.45, 7) is 2.46. The normalized spacial score (nSPS) is 14.3. The molecule has 0 saturated carbocycles. The lowest BCUT2D eigenvalue weighted by molar-refractivity contribution is 0.131. The van der Waals surface area contributed by atoms with Gasteiger partial charge in [-0.2, -0.15) is 11.3 Å². The van der Waals surface area contributed by atoms with Crippen molar-refractivity contribution in [3.63, 3.8) is 0 Å². The summed E-state index contributed by atoms with van der Waals surface area (Å²) >= 11 is 3.23. The maximum atomic E-state index is 12.3. The van der Waals surface area contributed by atoms with Crippen LogP contribution in [0.2, 0.25) is 0 Å². The van der Waals surface area contributed by atoms with E-state index < -0.39 is 6.09 Å². The number of thiazole rings is 1. The van der Waals surface area contributed by atoms with Gasteiger partial charge in [0.25, 0.3) is 0 Å². The molecule has 1 amide bonds. The summed E-state index contributed by atoms with van der Waals surface area (Å²) < 4.78 is 5.45. The van der Waals surface area contributed by atoms with Gasteiger partial charge >= 0.3 is 6.09 Å². The Morgan fingerprint density at radius 3 is 2.82 bits per heavy atom. The van der Waals surface area contributed by atoms with E-state index in [2.05, 4.69) is 22.1 Å². The number of ether oxygens (including phenoxy) is 1. The number of hydrogen-bond donors (Lipinski definition) is 2. The number of rotatable bonds is 5. The number of halogens is 1. The lowest BCUT2D eigenvalue weighted by atomic mass is 9.99. The van der Waals surface area contributed by atoms with Crippen LogP contribution >= 0.6 is 35.1 Å².